The predicted molar refractivity (Wildman–Crippen MR) is 85.0 cm³/mol. The summed E-state index contributed by atoms with van der Waals surface area (Å²) in [5.74, 6) is -1.07. The van der Waals surface area contributed by atoms with Crippen LogP contribution >= 0.6 is 0 Å². The molecule has 0 saturated carbocycles. The molecule has 0 radical (unpaired) electrons. The zero-order valence-electron chi connectivity index (χ0n) is 13.7. The molecule has 1 aromatic carbocycles. The van der Waals surface area contributed by atoms with E-state index in [1.54, 1.807) is 0 Å². The summed E-state index contributed by atoms with van der Waals surface area (Å²) in [4.78, 5) is 24.1. The van der Waals surface area contributed by atoms with E-state index in [9.17, 15) is 14.7 Å². The van der Waals surface area contributed by atoms with Crippen LogP contribution in [0.3, 0.4) is 0 Å². The van der Waals surface area contributed by atoms with Gasteiger partial charge in [0, 0.05) is 13.7 Å². The molecule has 132 valence electrons. The van der Waals surface area contributed by atoms with Crippen molar-refractivity contribution in [2.75, 3.05) is 33.5 Å². The van der Waals surface area contributed by atoms with E-state index >= 15 is 0 Å². The van der Waals surface area contributed by atoms with E-state index in [1.165, 1.54) is 7.11 Å². The third kappa shape index (κ3) is 4.77. The van der Waals surface area contributed by atoms with Gasteiger partial charge in [0.15, 0.2) is 6.10 Å². The van der Waals surface area contributed by atoms with Crippen molar-refractivity contribution < 1.29 is 28.9 Å². The van der Waals surface area contributed by atoms with Gasteiger partial charge in [0.2, 0.25) is 5.91 Å². The maximum atomic E-state index is 12.3. The highest BCUT2D eigenvalue weighted by Gasteiger charge is 2.42. The standard InChI is InChI=1S/C17H23NO6/c1-22-11-17(7-8-23-12-17)16(21)18-9-14(19)15(20)24-10-13-5-3-2-4-6-13/h2-6,14,19H,7-12H2,1H3,(H,18,21)/t14-,17-/m1/s1. The first-order valence-corrected chi connectivity index (χ1v) is 7.81. The van der Waals surface area contributed by atoms with Crippen molar-refractivity contribution in [3.8, 4) is 0 Å². The Bertz CT molecular complexity index is 541. The Morgan fingerprint density at radius 2 is 2.12 bits per heavy atom. The number of ether oxygens (including phenoxy) is 3. The first kappa shape index (κ1) is 18.4. The van der Waals surface area contributed by atoms with Crippen LogP contribution in [-0.4, -0.2) is 56.6 Å². The second kappa shape index (κ2) is 8.77. The normalized spacial score (nSPS) is 21.2. The van der Waals surface area contributed by atoms with Crippen molar-refractivity contribution in [3.05, 3.63) is 35.9 Å². The molecule has 0 aromatic heterocycles. The molecule has 2 atom stereocenters. The monoisotopic (exact) mass is 337 g/mol. The van der Waals surface area contributed by atoms with Crippen molar-refractivity contribution >= 4 is 11.9 Å². The van der Waals surface area contributed by atoms with E-state index in [4.69, 9.17) is 14.2 Å². The zero-order valence-corrected chi connectivity index (χ0v) is 13.7. The van der Waals surface area contributed by atoms with Crippen LogP contribution in [0.2, 0.25) is 0 Å². The minimum atomic E-state index is -1.42. The van der Waals surface area contributed by atoms with Gasteiger partial charge in [0.25, 0.3) is 0 Å². The molecule has 1 heterocycles. The molecule has 0 aliphatic carbocycles. The van der Waals surface area contributed by atoms with E-state index in [0.717, 1.165) is 5.56 Å². The fourth-order valence-electron chi connectivity index (χ4n) is 2.53. The average molecular weight is 337 g/mol. The molecule has 1 fully saturated rings. The fourth-order valence-corrected chi connectivity index (χ4v) is 2.53. The first-order valence-electron chi connectivity index (χ1n) is 7.81. The van der Waals surface area contributed by atoms with Crippen LogP contribution in [0.1, 0.15) is 12.0 Å². The number of hydrogen-bond acceptors (Lipinski definition) is 6. The summed E-state index contributed by atoms with van der Waals surface area (Å²) in [5.41, 5.74) is 0.0619. The van der Waals surface area contributed by atoms with Gasteiger partial charge in [0.05, 0.1) is 25.2 Å². The van der Waals surface area contributed by atoms with Crippen LogP contribution in [-0.2, 0) is 30.4 Å². The Morgan fingerprint density at radius 3 is 2.75 bits per heavy atom. The number of esters is 1. The third-order valence-electron chi connectivity index (χ3n) is 3.96. The molecular formula is C17H23NO6. The number of rotatable bonds is 8. The predicted octanol–water partition coefficient (Wildman–Crippen LogP) is 0.260. The molecule has 1 aliphatic heterocycles. The SMILES string of the molecule is COC[C@]1(C(=O)NC[C@@H](O)C(=O)OCc2ccccc2)CCOC1. The topological polar surface area (TPSA) is 94.1 Å². The summed E-state index contributed by atoms with van der Waals surface area (Å²) < 4.78 is 15.4. The first-order chi connectivity index (χ1) is 11.6. The van der Waals surface area contributed by atoms with E-state index in [1.807, 2.05) is 30.3 Å². The number of hydrogen-bond donors (Lipinski definition) is 2. The molecule has 1 aromatic rings. The number of benzene rings is 1. The Hall–Kier alpha value is -1.96. The number of methoxy groups -OCH3 is 1. The molecule has 1 aliphatic rings. The van der Waals surface area contributed by atoms with Gasteiger partial charge in [0.1, 0.15) is 6.61 Å². The fraction of sp³-hybridized carbons (Fsp3) is 0.529. The summed E-state index contributed by atoms with van der Waals surface area (Å²) in [6.45, 7) is 0.844. The second-order valence-electron chi connectivity index (χ2n) is 5.84. The number of amides is 1. The number of aliphatic hydroxyl groups is 1. The van der Waals surface area contributed by atoms with Crippen LogP contribution in [0.4, 0.5) is 0 Å². The van der Waals surface area contributed by atoms with Gasteiger partial charge in [-0.25, -0.2) is 4.79 Å². The Labute approximate surface area is 140 Å². The molecule has 0 spiro atoms. The average Bonchev–Trinajstić information content (AvgIpc) is 3.08. The van der Waals surface area contributed by atoms with Crippen LogP contribution in [0.25, 0.3) is 0 Å². The van der Waals surface area contributed by atoms with Crippen molar-refractivity contribution in [1.29, 1.82) is 0 Å². The summed E-state index contributed by atoms with van der Waals surface area (Å²) in [7, 11) is 1.52. The Balaban J connectivity index is 1.78. The van der Waals surface area contributed by atoms with Crippen molar-refractivity contribution in [2.24, 2.45) is 5.41 Å². The quantitative estimate of drug-likeness (QED) is 0.661. The van der Waals surface area contributed by atoms with E-state index in [0.29, 0.717) is 13.0 Å². The van der Waals surface area contributed by atoms with Crippen molar-refractivity contribution in [1.82, 2.24) is 5.32 Å². The van der Waals surface area contributed by atoms with Crippen LogP contribution in [0.15, 0.2) is 30.3 Å². The van der Waals surface area contributed by atoms with E-state index in [2.05, 4.69) is 5.32 Å². The van der Waals surface area contributed by atoms with Crippen LogP contribution in [0.5, 0.6) is 0 Å². The highest BCUT2D eigenvalue weighted by atomic mass is 16.5. The molecule has 1 amide bonds. The van der Waals surface area contributed by atoms with E-state index in [-0.39, 0.29) is 32.3 Å². The van der Waals surface area contributed by atoms with Gasteiger partial charge in [-0.15, -0.1) is 0 Å². The van der Waals surface area contributed by atoms with Gasteiger partial charge in [-0.05, 0) is 12.0 Å². The molecule has 7 heteroatoms. The van der Waals surface area contributed by atoms with Crippen molar-refractivity contribution in [3.63, 3.8) is 0 Å². The lowest BCUT2D eigenvalue weighted by Crippen LogP contribution is -2.48. The van der Waals surface area contributed by atoms with Crippen molar-refractivity contribution in [2.45, 2.75) is 19.1 Å². The lowest BCUT2D eigenvalue weighted by atomic mass is 9.87. The van der Waals surface area contributed by atoms with Gasteiger partial charge >= 0.3 is 5.97 Å². The Kier molecular flexibility index (Phi) is 6.72. The summed E-state index contributed by atoms with van der Waals surface area (Å²) in [6.07, 6.45) is -0.874. The molecular weight excluding hydrogens is 314 g/mol. The zero-order chi connectivity index (χ0) is 17.4. The minimum absolute atomic E-state index is 0.0755. The van der Waals surface area contributed by atoms with Crippen LogP contribution < -0.4 is 5.32 Å². The van der Waals surface area contributed by atoms with Crippen LogP contribution in [0, 0.1) is 5.41 Å². The second-order valence-corrected chi connectivity index (χ2v) is 5.84. The highest BCUT2D eigenvalue weighted by Crippen LogP contribution is 2.29. The molecule has 7 nitrogen and oxygen atoms in total. The molecule has 24 heavy (non-hydrogen) atoms. The minimum Gasteiger partial charge on any atom is -0.459 e. The van der Waals surface area contributed by atoms with E-state index < -0.39 is 17.5 Å². The lowest BCUT2D eigenvalue weighted by molar-refractivity contribution is -0.155. The summed E-state index contributed by atoms with van der Waals surface area (Å²) in [5, 5.41) is 12.4. The highest BCUT2D eigenvalue weighted by molar-refractivity contribution is 5.84. The summed E-state index contributed by atoms with van der Waals surface area (Å²) in [6, 6.07) is 9.15. The van der Waals surface area contributed by atoms with Gasteiger partial charge in [-0.3, -0.25) is 4.79 Å². The summed E-state index contributed by atoms with van der Waals surface area (Å²) >= 11 is 0. The third-order valence-corrected chi connectivity index (χ3v) is 3.96. The molecule has 2 rings (SSSR count). The maximum Gasteiger partial charge on any atom is 0.337 e. The van der Waals surface area contributed by atoms with Gasteiger partial charge in [-0.2, -0.15) is 0 Å². The number of carbonyl (C=O) groups excluding carboxylic acids is 2. The smallest absolute Gasteiger partial charge is 0.337 e. The van der Waals surface area contributed by atoms with Gasteiger partial charge < -0.3 is 24.6 Å². The van der Waals surface area contributed by atoms with Gasteiger partial charge in [-0.1, -0.05) is 30.3 Å². The number of nitrogens with one attached hydrogen (secondary N) is 1. The maximum absolute atomic E-state index is 12.3. The Morgan fingerprint density at radius 1 is 1.38 bits per heavy atom. The number of carbonyl (C=O) groups is 2. The largest absolute Gasteiger partial charge is 0.459 e. The lowest BCUT2D eigenvalue weighted by Gasteiger charge is -2.25. The molecule has 0 unspecified atom stereocenters. The number of aliphatic hydroxyl groups excluding tert-OH is 1. The molecule has 1 saturated heterocycles. The molecule has 0 bridgehead atoms. The molecule has 2 N–H and O–H groups in total.